The Bertz CT molecular complexity index is 1250. The molecule has 0 saturated carbocycles. The Morgan fingerprint density at radius 1 is 1.06 bits per heavy atom. The number of sulfone groups is 1. The summed E-state index contributed by atoms with van der Waals surface area (Å²) in [6.45, 7) is 6.02. The van der Waals surface area contributed by atoms with Gasteiger partial charge in [-0.2, -0.15) is 0 Å². The number of anilines is 1. The number of piperazine rings is 1. The van der Waals surface area contributed by atoms with Crippen molar-refractivity contribution in [2.75, 3.05) is 24.5 Å². The van der Waals surface area contributed by atoms with Gasteiger partial charge in [0.05, 0.1) is 5.75 Å². The van der Waals surface area contributed by atoms with E-state index in [4.69, 9.17) is 16.0 Å². The van der Waals surface area contributed by atoms with Crippen molar-refractivity contribution in [1.29, 1.82) is 0 Å². The second kappa shape index (κ2) is 9.61. The molecule has 1 saturated heterocycles. The first-order valence-corrected chi connectivity index (χ1v) is 13.1. The molecule has 0 bridgehead atoms. The Kier molecular flexibility index (Phi) is 6.81. The first-order chi connectivity index (χ1) is 15.7. The zero-order valence-corrected chi connectivity index (χ0v) is 20.3. The van der Waals surface area contributed by atoms with Crippen LogP contribution in [0.15, 0.2) is 65.1 Å². The molecular weight excluding hydrogens is 460 g/mol. The highest BCUT2D eigenvalue weighted by Gasteiger charge is 2.29. The van der Waals surface area contributed by atoms with E-state index in [1.54, 1.807) is 41.3 Å². The van der Waals surface area contributed by atoms with Crippen LogP contribution >= 0.6 is 11.6 Å². The molecular formula is C25H27ClN2O4S. The second-order valence-corrected chi connectivity index (χ2v) is 11.1. The second-order valence-electron chi connectivity index (χ2n) is 8.56. The molecule has 2 heterocycles. The zero-order valence-electron chi connectivity index (χ0n) is 18.7. The molecule has 0 unspecified atom stereocenters. The average molecular weight is 487 g/mol. The Labute approximate surface area is 199 Å². The number of halogens is 1. The number of carbonyl (C=O) groups excluding carboxylic acids is 1. The molecule has 2 aromatic carbocycles. The summed E-state index contributed by atoms with van der Waals surface area (Å²) in [4.78, 5) is 17.1. The average Bonchev–Trinajstić information content (AvgIpc) is 3.20. The minimum atomic E-state index is -3.48. The summed E-state index contributed by atoms with van der Waals surface area (Å²) in [5.41, 5.74) is 2.97. The normalized spacial score (nSPS) is 16.8. The van der Waals surface area contributed by atoms with Crippen molar-refractivity contribution in [3.63, 3.8) is 0 Å². The maximum atomic E-state index is 13.0. The van der Waals surface area contributed by atoms with Gasteiger partial charge in [-0.15, -0.1) is 0 Å². The summed E-state index contributed by atoms with van der Waals surface area (Å²) in [6.07, 6.45) is 0. The highest BCUT2D eigenvalue weighted by atomic mass is 35.5. The van der Waals surface area contributed by atoms with Crippen molar-refractivity contribution >= 4 is 33.0 Å². The summed E-state index contributed by atoms with van der Waals surface area (Å²) < 4.78 is 30.8. The number of hydrogen-bond donors (Lipinski definition) is 0. The molecule has 174 valence electrons. The van der Waals surface area contributed by atoms with Crippen LogP contribution in [0.1, 0.15) is 34.4 Å². The minimum absolute atomic E-state index is 0.143. The lowest BCUT2D eigenvalue weighted by Crippen LogP contribution is -2.53. The van der Waals surface area contributed by atoms with Gasteiger partial charge < -0.3 is 14.2 Å². The summed E-state index contributed by atoms with van der Waals surface area (Å²) in [5, 5.41) is 0.491. The molecule has 0 radical (unpaired) electrons. The molecule has 1 atom stereocenters. The Balaban J connectivity index is 1.39. The maximum absolute atomic E-state index is 13.0. The third kappa shape index (κ3) is 5.78. The maximum Gasteiger partial charge on any atom is 0.289 e. The number of rotatable bonds is 6. The van der Waals surface area contributed by atoms with Gasteiger partial charge in [-0.1, -0.05) is 35.9 Å². The van der Waals surface area contributed by atoms with Crippen LogP contribution < -0.4 is 4.90 Å². The molecule has 4 rings (SSSR count). The highest BCUT2D eigenvalue weighted by molar-refractivity contribution is 7.89. The number of aryl methyl sites for hydroxylation is 1. The first kappa shape index (κ1) is 23.4. The quantitative estimate of drug-likeness (QED) is 0.504. The molecule has 0 spiro atoms. The minimum Gasteiger partial charge on any atom is -0.455 e. The van der Waals surface area contributed by atoms with Crippen LogP contribution in [0.2, 0.25) is 5.02 Å². The van der Waals surface area contributed by atoms with E-state index in [0.29, 0.717) is 23.7 Å². The van der Waals surface area contributed by atoms with Gasteiger partial charge in [0, 0.05) is 36.4 Å². The van der Waals surface area contributed by atoms with E-state index in [1.165, 1.54) is 5.56 Å². The van der Waals surface area contributed by atoms with E-state index in [-0.39, 0.29) is 35.0 Å². The molecule has 33 heavy (non-hydrogen) atoms. The molecule has 8 heteroatoms. The van der Waals surface area contributed by atoms with Gasteiger partial charge in [-0.25, -0.2) is 8.42 Å². The van der Waals surface area contributed by atoms with Gasteiger partial charge in [-0.3, -0.25) is 4.79 Å². The van der Waals surface area contributed by atoms with E-state index < -0.39 is 9.84 Å². The van der Waals surface area contributed by atoms with E-state index in [9.17, 15) is 13.2 Å². The smallest absolute Gasteiger partial charge is 0.289 e. The fourth-order valence-electron chi connectivity index (χ4n) is 4.21. The lowest BCUT2D eigenvalue weighted by molar-refractivity contribution is 0.0692. The van der Waals surface area contributed by atoms with E-state index in [2.05, 4.69) is 36.9 Å². The summed E-state index contributed by atoms with van der Waals surface area (Å²) in [7, 11) is -3.48. The topological polar surface area (TPSA) is 70.8 Å². The van der Waals surface area contributed by atoms with Crippen molar-refractivity contribution in [2.24, 2.45) is 0 Å². The number of benzene rings is 2. The third-order valence-corrected chi connectivity index (χ3v) is 7.49. The van der Waals surface area contributed by atoms with Crippen LogP contribution in [0.25, 0.3) is 0 Å². The summed E-state index contributed by atoms with van der Waals surface area (Å²) in [5.74, 6) is -0.212. The van der Waals surface area contributed by atoms with Gasteiger partial charge >= 0.3 is 0 Å². The number of carbonyl (C=O) groups is 1. The molecule has 3 aromatic rings. The van der Waals surface area contributed by atoms with Crippen LogP contribution in [-0.4, -0.2) is 44.9 Å². The number of furan rings is 1. The molecule has 1 amide bonds. The van der Waals surface area contributed by atoms with Gasteiger partial charge in [-0.05, 0) is 61.4 Å². The molecule has 1 aliphatic heterocycles. The summed E-state index contributed by atoms with van der Waals surface area (Å²) in [6, 6.07) is 18.4. The fourth-order valence-corrected chi connectivity index (χ4v) is 5.80. The van der Waals surface area contributed by atoms with Crippen LogP contribution in [0, 0.1) is 6.92 Å². The van der Waals surface area contributed by atoms with Crippen molar-refractivity contribution < 1.29 is 17.6 Å². The molecule has 1 aliphatic rings. The fraction of sp³-hybridized carbons (Fsp3) is 0.320. The number of amides is 1. The first-order valence-electron chi connectivity index (χ1n) is 10.9. The van der Waals surface area contributed by atoms with Gasteiger partial charge in [0.2, 0.25) is 0 Å². The van der Waals surface area contributed by atoms with Crippen LogP contribution in [0.5, 0.6) is 0 Å². The molecule has 1 aromatic heterocycles. The Morgan fingerprint density at radius 2 is 1.85 bits per heavy atom. The Morgan fingerprint density at radius 3 is 2.58 bits per heavy atom. The highest BCUT2D eigenvalue weighted by Crippen LogP contribution is 2.23. The molecule has 1 fully saturated rings. The predicted octanol–water partition coefficient (Wildman–Crippen LogP) is 4.71. The monoisotopic (exact) mass is 486 g/mol. The number of hydrogen-bond acceptors (Lipinski definition) is 5. The lowest BCUT2D eigenvalue weighted by atomic mass is 10.1. The lowest BCUT2D eigenvalue weighted by Gasteiger charge is -2.41. The van der Waals surface area contributed by atoms with Crippen molar-refractivity contribution in [1.82, 2.24) is 4.90 Å². The molecule has 0 aliphatic carbocycles. The van der Waals surface area contributed by atoms with Crippen molar-refractivity contribution in [3.05, 3.63) is 88.3 Å². The standard InChI is InChI=1S/C25H27ClN2O4S/c1-18-5-3-8-22(13-18)28-12-11-27(15-19(28)2)25(29)24-10-9-23(32-24)17-33(30,31)16-20-6-4-7-21(26)14-20/h3-10,13-14,19H,11-12,15-17H2,1-2H3/t19-/m1/s1. The van der Waals surface area contributed by atoms with Crippen LogP contribution in [0.3, 0.4) is 0 Å². The number of nitrogens with zero attached hydrogens (tertiary/aromatic N) is 2. The Hall–Kier alpha value is -2.77. The molecule has 6 nitrogen and oxygen atoms in total. The summed E-state index contributed by atoms with van der Waals surface area (Å²) >= 11 is 5.95. The van der Waals surface area contributed by atoms with Gasteiger partial charge in [0.15, 0.2) is 15.6 Å². The van der Waals surface area contributed by atoms with Crippen LogP contribution in [0.4, 0.5) is 5.69 Å². The largest absolute Gasteiger partial charge is 0.455 e. The van der Waals surface area contributed by atoms with E-state index >= 15 is 0 Å². The van der Waals surface area contributed by atoms with Gasteiger partial charge in [0.1, 0.15) is 11.5 Å². The van der Waals surface area contributed by atoms with Crippen molar-refractivity contribution in [3.8, 4) is 0 Å². The zero-order chi connectivity index (χ0) is 23.6. The molecule has 0 N–H and O–H groups in total. The third-order valence-electron chi connectivity index (χ3n) is 5.76. The van der Waals surface area contributed by atoms with E-state index in [0.717, 1.165) is 12.2 Å². The van der Waals surface area contributed by atoms with Crippen molar-refractivity contribution in [2.45, 2.75) is 31.4 Å². The SMILES string of the molecule is Cc1cccc(N2CCN(C(=O)c3ccc(CS(=O)(=O)Cc4cccc(Cl)c4)o3)C[C@H]2C)c1. The van der Waals surface area contributed by atoms with Crippen LogP contribution in [-0.2, 0) is 21.3 Å². The predicted molar refractivity (Wildman–Crippen MR) is 130 cm³/mol. The van der Waals surface area contributed by atoms with E-state index in [1.807, 2.05) is 6.07 Å². The van der Waals surface area contributed by atoms with Gasteiger partial charge in [0.25, 0.3) is 5.91 Å².